The van der Waals surface area contributed by atoms with Crippen LogP contribution in [0.1, 0.15) is 39.0 Å². The molecule has 0 aromatic rings. The Morgan fingerprint density at radius 1 is 1.70 bits per heavy atom. The third-order valence-electron chi connectivity index (χ3n) is 2.00. The monoisotopic (exact) mass is 140 g/mol. The van der Waals surface area contributed by atoms with E-state index >= 15 is 0 Å². The van der Waals surface area contributed by atoms with Crippen LogP contribution in [0.4, 0.5) is 0 Å². The maximum atomic E-state index is 9.23. The molecule has 0 saturated carbocycles. The van der Waals surface area contributed by atoms with E-state index in [9.17, 15) is 5.11 Å². The summed E-state index contributed by atoms with van der Waals surface area (Å²) in [5.41, 5.74) is 1.46. The Morgan fingerprint density at radius 2 is 2.50 bits per heavy atom. The van der Waals surface area contributed by atoms with E-state index in [-0.39, 0.29) is 6.10 Å². The van der Waals surface area contributed by atoms with Crippen molar-refractivity contribution in [1.82, 2.24) is 0 Å². The molecule has 58 valence electrons. The summed E-state index contributed by atoms with van der Waals surface area (Å²) in [6, 6.07) is 0. The van der Waals surface area contributed by atoms with Crippen molar-refractivity contribution in [2.45, 2.75) is 45.1 Å². The molecular weight excluding hydrogens is 124 g/mol. The standard InChI is InChI=1S/C9H16O/c1-2-4-8-5-3-6-9(10)7-8/h7,9-10H,2-6H2,1H3/t9-/m1/s1. The molecule has 1 N–H and O–H groups in total. The van der Waals surface area contributed by atoms with Crippen LogP contribution in [-0.2, 0) is 0 Å². The summed E-state index contributed by atoms with van der Waals surface area (Å²) in [5.74, 6) is 0. The Hall–Kier alpha value is -0.300. The molecule has 0 radical (unpaired) electrons. The molecule has 0 aromatic carbocycles. The molecular formula is C9H16O. The first-order valence-electron chi connectivity index (χ1n) is 4.20. The van der Waals surface area contributed by atoms with Gasteiger partial charge < -0.3 is 5.11 Å². The Balaban J connectivity index is 2.41. The zero-order chi connectivity index (χ0) is 7.40. The van der Waals surface area contributed by atoms with Crippen LogP contribution < -0.4 is 0 Å². The maximum absolute atomic E-state index is 9.23. The molecule has 1 heteroatoms. The van der Waals surface area contributed by atoms with Gasteiger partial charge in [0.1, 0.15) is 0 Å². The van der Waals surface area contributed by atoms with E-state index < -0.39 is 0 Å². The quantitative estimate of drug-likeness (QED) is 0.583. The maximum Gasteiger partial charge on any atom is 0.0723 e. The lowest BCUT2D eigenvalue weighted by Crippen LogP contribution is -2.08. The molecule has 0 amide bonds. The molecule has 0 fully saturated rings. The van der Waals surface area contributed by atoms with E-state index in [0.29, 0.717) is 0 Å². The van der Waals surface area contributed by atoms with Crippen LogP contribution in [0, 0.1) is 0 Å². The highest BCUT2D eigenvalue weighted by atomic mass is 16.3. The minimum atomic E-state index is -0.143. The van der Waals surface area contributed by atoms with Crippen molar-refractivity contribution in [3.05, 3.63) is 11.6 Å². The van der Waals surface area contributed by atoms with E-state index in [4.69, 9.17) is 0 Å². The van der Waals surface area contributed by atoms with Crippen LogP contribution in [-0.4, -0.2) is 11.2 Å². The summed E-state index contributed by atoms with van der Waals surface area (Å²) >= 11 is 0. The van der Waals surface area contributed by atoms with Gasteiger partial charge in [-0.3, -0.25) is 0 Å². The van der Waals surface area contributed by atoms with Gasteiger partial charge in [0, 0.05) is 0 Å². The van der Waals surface area contributed by atoms with Crippen LogP contribution >= 0.6 is 0 Å². The van der Waals surface area contributed by atoms with E-state index in [0.717, 1.165) is 6.42 Å². The molecule has 1 nitrogen and oxygen atoms in total. The highest BCUT2D eigenvalue weighted by molar-refractivity contribution is 5.08. The zero-order valence-corrected chi connectivity index (χ0v) is 6.64. The first kappa shape index (κ1) is 7.80. The topological polar surface area (TPSA) is 20.2 Å². The minimum Gasteiger partial charge on any atom is -0.389 e. The fourth-order valence-electron chi connectivity index (χ4n) is 1.51. The van der Waals surface area contributed by atoms with Crippen molar-refractivity contribution >= 4 is 0 Å². The van der Waals surface area contributed by atoms with Crippen molar-refractivity contribution in [3.63, 3.8) is 0 Å². The molecule has 0 aromatic heterocycles. The average Bonchev–Trinajstić information content (AvgIpc) is 1.88. The van der Waals surface area contributed by atoms with Crippen molar-refractivity contribution < 1.29 is 5.11 Å². The summed E-state index contributed by atoms with van der Waals surface area (Å²) in [5, 5.41) is 9.23. The number of aliphatic hydroxyl groups excluding tert-OH is 1. The fourth-order valence-corrected chi connectivity index (χ4v) is 1.51. The summed E-state index contributed by atoms with van der Waals surface area (Å²) in [6.45, 7) is 2.18. The van der Waals surface area contributed by atoms with Gasteiger partial charge in [-0.25, -0.2) is 0 Å². The van der Waals surface area contributed by atoms with E-state index in [1.807, 2.05) is 6.08 Å². The van der Waals surface area contributed by atoms with Crippen LogP contribution in [0.15, 0.2) is 11.6 Å². The molecule has 0 heterocycles. The molecule has 1 aliphatic carbocycles. The van der Waals surface area contributed by atoms with Gasteiger partial charge in [0.2, 0.25) is 0 Å². The third kappa shape index (κ3) is 2.14. The molecule has 1 aliphatic rings. The number of hydrogen-bond donors (Lipinski definition) is 1. The predicted octanol–water partition coefficient (Wildman–Crippen LogP) is 2.26. The van der Waals surface area contributed by atoms with E-state index in [2.05, 4.69) is 6.92 Å². The first-order chi connectivity index (χ1) is 4.83. The second kappa shape index (κ2) is 3.77. The lowest BCUT2D eigenvalue weighted by molar-refractivity contribution is 0.201. The largest absolute Gasteiger partial charge is 0.389 e. The van der Waals surface area contributed by atoms with Gasteiger partial charge >= 0.3 is 0 Å². The number of allylic oxidation sites excluding steroid dienone is 1. The van der Waals surface area contributed by atoms with Gasteiger partial charge in [-0.05, 0) is 25.7 Å². The van der Waals surface area contributed by atoms with Gasteiger partial charge in [-0.15, -0.1) is 0 Å². The summed E-state index contributed by atoms with van der Waals surface area (Å²) < 4.78 is 0. The highest BCUT2D eigenvalue weighted by Crippen LogP contribution is 2.21. The van der Waals surface area contributed by atoms with Crippen molar-refractivity contribution in [2.24, 2.45) is 0 Å². The zero-order valence-electron chi connectivity index (χ0n) is 6.64. The van der Waals surface area contributed by atoms with Gasteiger partial charge in [-0.1, -0.05) is 25.0 Å². The van der Waals surface area contributed by atoms with Crippen LogP contribution in [0.3, 0.4) is 0 Å². The van der Waals surface area contributed by atoms with E-state index in [1.165, 1.54) is 31.3 Å². The van der Waals surface area contributed by atoms with Gasteiger partial charge in [0.05, 0.1) is 6.10 Å². The van der Waals surface area contributed by atoms with Gasteiger partial charge in [0.15, 0.2) is 0 Å². The Bertz CT molecular complexity index is 127. The van der Waals surface area contributed by atoms with Gasteiger partial charge in [-0.2, -0.15) is 0 Å². The highest BCUT2D eigenvalue weighted by Gasteiger charge is 2.08. The van der Waals surface area contributed by atoms with Crippen LogP contribution in [0.25, 0.3) is 0 Å². The SMILES string of the molecule is CCCC1=C[C@H](O)CCC1. The van der Waals surface area contributed by atoms with Gasteiger partial charge in [0.25, 0.3) is 0 Å². The molecule has 0 bridgehead atoms. The second-order valence-corrected chi connectivity index (χ2v) is 3.03. The molecule has 0 unspecified atom stereocenters. The Labute approximate surface area is 62.8 Å². The first-order valence-corrected chi connectivity index (χ1v) is 4.20. The normalized spacial score (nSPS) is 26.2. The second-order valence-electron chi connectivity index (χ2n) is 3.03. The van der Waals surface area contributed by atoms with Crippen LogP contribution in [0.2, 0.25) is 0 Å². The lowest BCUT2D eigenvalue weighted by Gasteiger charge is -2.15. The Morgan fingerprint density at radius 3 is 3.10 bits per heavy atom. The minimum absolute atomic E-state index is 0.143. The molecule has 1 atom stereocenters. The molecule has 0 spiro atoms. The fraction of sp³-hybridized carbons (Fsp3) is 0.778. The van der Waals surface area contributed by atoms with Crippen molar-refractivity contribution in [2.75, 3.05) is 0 Å². The lowest BCUT2D eigenvalue weighted by atomic mass is 9.95. The molecule has 1 rings (SSSR count). The van der Waals surface area contributed by atoms with Crippen molar-refractivity contribution in [3.8, 4) is 0 Å². The summed E-state index contributed by atoms with van der Waals surface area (Å²) in [7, 11) is 0. The van der Waals surface area contributed by atoms with Crippen molar-refractivity contribution in [1.29, 1.82) is 0 Å². The summed E-state index contributed by atoms with van der Waals surface area (Å²) in [4.78, 5) is 0. The smallest absolute Gasteiger partial charge is 0.0723 e. The number of hydrogen-bond acceptors (Lipinski definition) is 1. The molecule has 0 saturated heterocycles. The third-order valence-corrected chi connectivity index (χ3v) is 2.00. The van der Waals surface area contributed by atoms with E-state index in [1.54, 1.807) is 0 Å². The average molecular weight is 140 g/mol. The number of rotatable bonds is 2. The molecule has 0 aliphatic heterocycles. The Kier molecular flexibility index (Phi) is 2.94. The predicted molar refractivity (Wildman–Crippen MR) is 42.8 cm³/mol. The summed E-state index contributed by atoms with van der Waals surface area (Å²) in [6.07, 6.45) is 7.63. The molecule has 10 heavy (non-hydrogen) atoms. The number of aliphatic hydroxyl groups is 1. The van der Waals surface area contributed by atoms with Crippen LogP contribution in [0.5, 0.6) is 0 Å².